The van der Waals surface area contributed by atoms with Gasteiger partial charge in [0.15, 0.2) is 5.16 Å². The van der Waals surface area contributed by atoms with Crippen molar-refractivity contribution in [3.63, 3.8) is 0 Å². The summed E-state index contributed by atoms with van der Waals surface area (Å²) in [6, 6.07) is 20.9. The van der Waals surface area contributed by atoms with Crippen LogP contribution in [0.4, 0.5) is 0 Å². The van der Waals surface area contributed by atoms with E-state index in [0.29, 0.717) is 0 Å². The largest absolute Gasteiger partial charge is 0.332 e. The fourth-order valence-electron chi connectivity index (χ4n) is 3.70. The zero-order valence-electron chi connectivity index (χ0n) is 19.6. The first-order chi connectivity index (χ1) is 15.8. The molecule has 0 aliphatic carbocycles. The molecule has 0 saturated carbocycles. The summed E-state index contributed by atoms with van der Waals surface area (Å²) in [6.45, 7) is 6.60. The standard InChI is InChI=1S/C27H38N4S/c1-3-4-5-6-13-18-28-19-20-31(2)21-22-32-27-29-25(23-14-9-7-10-15-23)26(30-27)24-16-11-8-12-17-24/h7-12,14-17,28H,3-6,13,18-22H2,1-2H3,(H,29,30). The summed E-state index contributed by atoms with van der Waals surface area (Å²) in [7, 11) is 2.20. The average molecular weight is 451 g/mol. The first-order valence-corrected chi connectivity index (χ1v) is 13.0. The fourth-order valence-corrected chi connectivity index (χ4v) is 4.62. The van der Waals surface area contributed by atoms with Crippen molar-refractivity contribution in [3.05, 3.63) is 60.7 Å². The van der Waals surface area contributed by atoms with Gasteiger partial charge in [-0.05, 0) is 20.0 Å². The van der Waals surface area contributed by atoms with Crippen molar-refractivity contribution in [2.24, 2.45) is 0 Å². The van der Waals surface area contributed by atoms with E-state index in [-0.39, 0.29) is 0 Å². The van der Waals surface area contributed by atoms with Crippen LogP contribution in [0.25, 0.3) is 22.5 Å². The number of hydrogen-bond acceptors (Lipinski definition) is 4. The lowest BCUT2D eigenvalue weighted by Crippen LogP contribution is -2.31. The number of unbranched alkanes of at least 4 members (excludes halogenated alkanes) is 4. The highest BCUT2D eigenvalue weighted by molar-refractivity contribution is 7.99. The topological polar surface area (TPSA) is 44.0 Å². The first-order valence-electron chi connectivity index (χ1n) is 12.0. The van der Waals surface area contributed by atoms with Crippen LogP contribution in [-0.2, 0) is 0 Å². The van der Waals surface area contributed by atoms with Crippen molar-refractivity contribution < 1.29 is 0 Å². The number of aromatic amines is 1. The number of hydrogen-bond donors (Lipinski definition) is 2. The van der Waals surface area contributed by atoms with E-state index in [9.17, 15) is 0 Å². The summed E-state index contributed by atoms with van der Waals surface area (Å²) in [4.78, 5) is 10.9. The molecule has 0 bridgehead atoms. The number of nitrogens with one attached hydrogen (secondary N) is 2. The Morgan fingerprint density at radius 1 is 0.844 bits per heavy atom. The van der Waals surface area contributed by atoms with E-state index in [1.54, 1.807) is 11.8 Å². The maximum Gasteiger partial charge on any atom is 0.166 e. The minimum absolute atomic E-state index is 0.987. The zero-order chi connectivity index (χ0) is 22.4. The fraction of sp³-hybridized carbons (Fsp3) is 0.444. The number of H-pyrrole nitrogens is 1. The summed E-state index contributed by atoms with van der Waals surface area (Å²) in [6.07, 6.45) is 6.71. The summed E-state index contributed by atoms with van der Waals surface area (Å²) in [5.41, 5.74) is 4.43. The molecule has 32 heavy (non-hydrogen) atoms. The molecule has 1 heterocycles. The Hall–Kier alpha value is -2.08. The van der Waals surface area contributed by atoms with E-state index in [1.165, 1.54) is 37.7 Å². The van der Waals surface area contributed by atoms with Crippen molar-refractivity contribution in [2.75, 3.05) is 39.0 Å². The molecule has 0 saturated heterocycles. The zero-order valence-corrected chi connectivity index (χ0v) is 20.5. The van der Waals surface area contributed by atoms with Gasteiger partial charge in [0.05, 0.1) is 11.4 Å². The molecule has 0 aliphatic heterocycles. The Morgan fingerprint density at radius 3 is 2.25 bits per heavy atom. The molecule has 1 aromatic heterocycles. The van der Waals surface area contributed by atoms with Crippen LogP contribution in [0.1, 0.15) is 39.0 Å². The molecule has 0 aliphatic rings. The SMILES string of the molecule is CCCCCCCNCCN(C)CCSc1nc(-c2ccccc2)c(-c2ccccc2)[nH]1. The van der Waals surface area contributed by atoms with Gasteiger partial charge in [-0.25, -0.2) is 4.98 Å². The van der Waals surface area contributed by atoms with Crippen LogP contribution in [0.2, 0.25) is 0 Å². The van der Waals surface area contributed by atoms with Gasteiger partial charge in [-0.15, -0.1) is 0 Å². The number of rotatable bonds is 15. The smallest absolute Gasteiger partial charge is 0.166 e. The van der Waals surface area contributed by atoms with E-state index >= 15 is 0 Å². The molecular formula is C27H38N4S. The molecule has 0 atom stereocenters. The van der Waals surface area contributed by atoms with Gasteiger partial charge in [0.25, 0.3) is 0 Å². The molecule has 5 heteroatoms. The van der Waals surface area contributed by atoms with Gasteiger partial charge in [0.2, 0.25) is 0 Å². The van der Waals surface area contributed by atoms with Gasteiger partial charge >= 0.3 is 0 Å². The highest BCUT2D eigenvalue weighted by atomic mass is 32.2. The van der Waals surface area contributed by atoms with Crippen LogP contribution in [-0.4, -0.2) is 53.8 Å². The third-order valence-corrected chi connectivity index (χ3v) is 6.48. The van der Waals surface area contributed by atoms with Gasteiger partial charge in [0.1, 0.15) is 0 Å². The minimum atomic E-state index is 0.987. The lowest BCUT2D eigenvalue weighted by atomic mass is 10.1. The van der Waals surface area contributed by atoms with Crippen molar-refractivity contribution in [2.45, 2.75) is 44.2 Å². The molecule has 172 valence electrons. The number of aromatic nitrogens is 2. The highest BCUT2D eigenvalue weighted by Crippen LogP contribution is 2.32. The second-order valence-corrected chi connectivity index (χ2v) is 9.40. The molecule has 0 amide bonds. The van der Waals surface area contributed by atoms with E-state index in [0.717, 1.165) is 54.0 Å². The van der Waals surface area contributed by atoms with Gasteiger partial charge in [-0.1, -0.05) is 105 Å². The van der Waals surface area contributed by atoms with Crippen LogP contribution in [0.15, 0.2) is 65.8 Å². The van der Waals surface area contributed by atoms with Crippen LogP contribution in [0.3, 0.4) is 0 Å². The maximum atomic E-state index is 4.95. The Bertz CT molecular complexity index is 822. The Morgan fingerprint density at radius 2 is 1.53 bits per heavy atom. The second kappa shape index (κ2) is 14.1. The molecular weight excluding hydrogens is 412 g/mol. The Kier molecular flexibility index (Phi) is 10.9. The van der Waals surface area contributed by atoms with Gasteiger partial charge in [-0.3, -0.25) is 0 Å². The minimum Gasteiger partial charge on any atom is -0.332 e. The van der Waals surface area contributed by atoms with Gasteiger partial charge in [-0.2, -0.15) is 0 Å². The summed E-state index contributed by atoms with van der Waals surface area (Å²) >= 11 is 1.80. The third kappa shape index (κ3) is 8.12. The Balaban J connectivity index is 1.46. The Labute approximate surface area is 198 Å². The number of likely N-dealkylation sites (N-methyl/N-ethyl adjacent to an activating group) is 1. The van der Waals surface area contributed by atoms with Gasteiger partial charge < -0.3 is 15.2 Å². The summed E-state index contributed by atoms with van der Waals surface area (Å²) < 4.78 is 0. The molecule has 3 aromatic rings. The van der Waals surface area contributed by atoms with Crippen molar-refractivity contribution >= 4 is 11.8 Å². The molecule has 2 aromatic carbocycles. The predicted molar refractivity (Wildman–Crippen MR) is 139 cm³/mol. The van der Waals surface area contributed by atoms with Crippen LogP contribution in [0.5, 0.6) is 0 Å². The maximum absolute atomic E-state index is 4.95. The normalized spacial score (nSPS) is 11.3. The second-order valence-electron chi connectivity index (χ2n) is 8.31. The highest BCUT2D eigenvalue weighted by Gasteiger charge is 2.14. The lowest BCUT2D eigenvalue weighted by molar-refractivity contribution is 0.351. The molecule has 0 spiro atoms. The quantitative estimate of drug-likeness (QED) is 0.210. The number of nitrogens with zero attached hydrogens (tertiary/aromatic N) is 2. The van der Waals surface area contributed by atoms with Crippen LogP contribution in [0, 0.1) is 0 Å². The van der Waals surface area contributed by atoms with Crippen molar-refractivity contribution in [1.82, 2.24) is 20.2 Å². The van der Waals surface area contributed by atoms with E-state index < -0.39 is 0 Å². The summed E-state index contributed by atoms with van der Waals surface area (Å²) in [5.74, 6) is 1.02. The summed E-state index contributed by atoms with van der Waals surface area (Å²) in [5, 5.41) is 4.57. The molecule has 0 unspecified atom stereocenters. The number of imidazole rings is 1. The van der Waals surface area contributed by atoms with Crippen LogP contribution < -0.4 is 5.32 Å². The predicted octanol–water partition coefficient (Wildman–Crippen LogP) is 6.33. The number of thioether (sulfide) groups is 1. The van der Waals surface area contributed by atoms with E-state index in [4.69, 9.17) is 4.98 Å². The van der Waals surface area contributed by atoms with Crippen molar-refractivity contribution in [1.29, 1.82) is 0 Å². The average Bonchev–Trinajstić information content (AvgIpc) is 3.26. The van der Waals surface area contributed by atoms with Crippen LogP contribution >= 0.6 is 11.8 Å². The lowest BCUT2D eigenvalue weighted by Gasteiger charge is -2.16. The molecule has 0 radical (unpaired) electrons. The van der Waals surface area contributed by atoms with Crippen molar-refractivity contribution in [3.8, 4) is 22.5 Å². The molecule has 3 rings (SSSR count). The molecule has 4 nitrogen and oxygen atoms in total. The van der Waals surface area contributed by atoms with E-state index in [2.05, 4.69) is 83.8 Å². The first kappa shape index (κ1) is 24.6. The van der Waals surface area contributed by atoms with Gasteiger partial charge in [0, 0.05) is 36.5 Å². The third-order valence-electron chi connectivity index (χ3n) is 5.63. The monoisotopic (exact) mass is 450 g/mol. The van der Waals surface area contributed by atoms with E-state index in [1.807, 2.05) is 6.07 Å². The molecule has 2 N–H and O–H groups in total. The molecule has 0 fully saturated rings. The number of benzene rings is 2.